The van der Waals surface area contributed by atoms with Crippen LogP contribution in [0.4, 0.5) is 10.1 Å². The van der Waals surface area contributed by atoms with E-state index >= 15 is 0 Å². The second kappa shape index (κ2) is 10.3. The maximum atomic E-state index is 13.2. The SMILES string of the molecule is O=C(N[C@H]1CC[C@H](C(=O)Nc2ccc(F)cc2Cl)CC1)c1[nH]cnc1C(=O)N1CCCS(=O)(=O)C1. The average Bonchev–Trinajstić information content (AvgIpc) is 3.30. The number of rotatable bonds is 5. The molecule has 13 heteroatoms. The number of hydrogen-bond donors (Lipinski definition) is 3. The minimum atomic E-state index is -3.35. The molecule has 1 saturated heterocycles. The van der Waals surface area contributed by atoms with Crippen LogP contribution in [0.3, 0.4) is 0 Å². The molecule has 3 N–H and O–H groups in total. The molecule has 4 rings (SSSR count). The van der Waals surface area contributed by atoms with Crippen molar-refractivity contribution in [1.29, 1.82) is 0 Å². The molecular weight excluding hydrogens is 501 g/mol. The Bertz CT molecular complexity index is 1240. The third-order valence-corrected chi connectivity index (χ3v) is 8.14. The summed E-state index contributed by atoms with van der Waals surface area (Å²) < 4.78 is 36.9. The number of carbonyl (C=O) groups is 3. The van der Waals surface area contributed by atoms with Crippen LogP contribution >= 0.6 is 11.6 Å². The highest BCUT2D eigenvalue weighted by atomic mass is 35.5. The van der Waals surface area contributed by atoms with Crippen LogP contribution in [-0.2, 0) is 14.6 Å². The lowest BCUT2D eigenvalue weighted by molar-refractivity contribution is -0.120. The second-order valence-corrected chi connectivity index (χ2v) is 11.3. The van der Waals surface area contributed by atoms with Crippen molar-refractivity contribution >= 4 is 44.8 Å². The molecule has 2 aliphatic rings. The van der Waals surface area contributed by atoms with Crippen LogP contribution < -0.4 is 10.6 Å². The molecule has 10 nitrogen and oxygen atoms in total. The van der Waals surface area contributed by atoms with Gasteiger partial charge in [0.1, 0.15) is 17.4 Å². The van der Waals surface area contributed by atoms with E-state index in [1.54, 1.807) is 0 Å². The summed E-state index contributed by atoms with van der Waals surface area (Å²) >= 11 is 5.97. The number of anilines is 1. The van der Waals surface area contributed by atoms with Crippen molar-refractivity contribution in [2.24, 2.45) is 5.92 Å². The minimum absolute atomic E-state index is 0.0243. The van der Waals surface area contributed by atoms with E-state index in [4.69, 9.17) is 11.6 Å². The Morgan fingerprint density at radius 3 is 2.60 bits per heavy atom. The maximum Gasteiger partial charge on any atom is 0.275 e. The Morgan fingerprint density at radius 1 is 1.17 bits per heavy atom. The van der Waals surface area contributed by atoms with Gasteiger partial charge in [-0.2, -0.15) is 0 Å². The van der Waals surface area contributed by atoms with Crippen LogP contribution in [-0.4, -0.2) is 65.2 Å². The number of nitrogens with one attached hydrogen (secondary N) is 3. The number of hydrogen-bond acceptors (Lipinski definition) is 6. The second-order valence-electron chi connectivity index (χ2n) is 8.76. The van der Waals surface area contributed by atoms with Gasteiger partial charge in [0.25, 0.3) is 11.8 Å². The number of imidazole rings is 1. The predicted molar refractivity (Wildman–Crippen MR) is 126 cm³/mol. The molecule has 2 fully saturated rings. The van der Waals surface area contributed by atoms with Gasteiger partial charge in [-0.25, -0.2) is 17.8 Å². The van der Waals surface area contributed by atoms with Gasteiger partial charge in [0.2, 0.25) is 5.91 Å². The first-order valence-electron chi connectivity index (χ1n) is 11.2. The average molecular weight is 526 g/mol. The third kappa shape index (κ3) is 5.99. The molecule has 2 aromatic rings. The van der Waals surface area contributed by atoms with Gasteiger partial charge < -0.3 is 20.5 Å². The number of aromatic amines is 1. The van der Waals surface area contributed by atoms with Crippen molar-refractivity contribution in [3.05, 3.63) is 46.8 Å². The molecule has 0 radical (unpaired) electrons. The molecule has 1 aromatic heterocycles. The number of benzene rings is 1. The summed E-state index contributed by atoms with van der Waals surface area (Å²) in [6.45, 7) is 0.279. The molecule has 0 spiro atoms. The topological polar surface area (TPSA) is 141 Å². The van der Waals surface area contributed by atoms with Crippen molar-refractivity contribution in [2.45, 2.75) is 38.1 Å². The lowest BCUT2D eigenvalue weighted by Gasteiger charge is -2.28. The van der Waals surface area contributed by atoms with E-state index in [1.807, 2.05) is 0 Å². The quantitative estimate of drug-likeness (QED) is 0.547. The van der Waals surface area contributed by atoms with Gasteiger partial charge in [0.15, 0.2) is 15.5 Å². The van der Waals surface area contributed by atoms with Crippen LogP contribution in [0.5, 0.6) is 0 Å². The van der Waals surface area contributed by atoms with Crippen molar-refractivity contribution < 1.29 is 27.2 Å². The van der Waals surface area contributed by atoms with E-state index in [1.165, 1.54) is 23.4 Å². The Balaban J connectivity index is 1.31. The number of carbonyl (C=O) groups excluding carboxylic acids is 3. The lowest BCUT2D eigenvalue weighted by Crippen LogP contribution is -2.43. The van der Waals surface area contributed by atoms with Gasteiger partial charge in [-0.05, 0) is 50.3 Å². The molecule has 1 saturated carbocycles. The molecule has 35 heavy (non-hydrogen) atoms. The van der Waals surface area contributed by atoms with Gasteiger partial charge in [0.05, 0.1) is 22.8 Å². The smallest absolute Gasteiger partial charge is 0.275 e. The molecule has 0 bridgehead atoms. The summed E-state index contributed by atoms with van der Waals surface area (Å²) in [5.41, 5.74) is 0.194. The van der Waals surface area contributed by atoms with Gasteiger partial charge in [-0.1, -0.05) is 11.6 Å². The number of nitrogens with zero attached hydrogens (tertiary/aromatic N) is 2. The summed E-state index contributed by atoms with van der Waals surface area (Å²) in [6, 6.07) is 3.54. The van der Waals surface area contributed by atoms with E-state index in [0.29, 0.717) is 37.8 Å². The van der Waals surface area contributed by atoms with E-state index in [-0.39, 0.29) is 46.6 Å². The predicted octanol–water partition coefficient (Wildman–Crippen LogP) is 2.35. The first-order valence-corrected chi connectivity index (χ1v) is 13.4. The van der Waals surface area contributed by atoms with Crippen LogP contribution in [0.25, 0.3) is 0 Å². The van der Waals surface area contributed by atoms with Gasteiger partial charge >= 0.3 is 0 Å². The number of amides is 3. The third-order valence-electron chi connectivity index (χ3n) is 6.21. The number of sulfone groups is 1. The molecule has 1 aromatic carbocycles. The highest BCUT2D eigenvalue weighted by Gasteiger charge is 2.32. The summed E-state index contributed by atoms with van der Waals surface area (Å²) in [5, 5.41) is 5.70. The first kappa shape index (κ1) is 25.1. The molecule has 0 unspecified atom stereocenters. The zero-order chi connectivity index (χ0) is 25.2. The van der Waals surface area contributed by atoms with Crippen molar-refractivity contribution in [1.82, 2.24) is 20.2 Å². The Morgan fingerprint density at radius 2 is 1.91 bits per heavy atom. The van der Waals surface area contributed by atoms with E-state index in [9.17, 15) is 27.2 Å². The van der Waals surface area contributed by atoms with Gasteiger partial charge in [0, 0.05) is 18.5 Å². The largest absolute Gasteiger partial charge is 0.348 e. The van der Waals surface area contributed by atoms with E-state index < -0.39 is 33.3 Å². The Labute approximate surface area is 206 Å². The first-order chi connectivity index (χ1) is 16.6. The Hall–Kier alpha value is -2.99. The molecule has 3 amide bonds. The van der Waals surface area contributed by atoms with E-state index in [2.05, 4.69) is 20.6 Å². The highest BCUT2D eigenvalue weighted by Crippen LogP contribution is 2.28. The number of H-pyrrole nitrogens is 1. The lowest BCUT2D eigenvalue weighted by atomic mass is 9.85. The van der Waals surface area contributed by atoms with Crippen molar-refractivity contribution in [2.75, 3.05) is 23.5 Å². The zero-order valence-electron chi connectivity index (χ0n) is 18.7. The van der Waals surface area contributed by atoms with Crippen LogP contribution in [0, 0.1) is 11.7 Å². The van der Waals surface area contributed by atoms with Crippen LogP contribution in [0.2, 0.25) is 5.02 Å². The molecule has 0 atom stereocenters. The standard InChI is InChI=1S/C22H25ClFN5O5S/c23-16-10-14(24)4-7-17(16)28-20(30)13-2-5-15(6-3-13)27-21(31)18-19(26-11-25-18)22(32)29-8-1-9-35(33,34)12-29/h4,7,10-11,13,15H,1-3,5-6,8-9,12H2,(H,25,26)(H,27,31)(H,28,30)/t13-,15-. The summed E-state index contributed by atoms with van der Waals surface area (Å²) in [5.74, 6) is -2.49. The van der Waals surface area contributed by atoms with Crippen molar-refractivity contribution in [3.63, 3.8) is 0 Å². The normalized spacial score (nSPS) is 21.8. The fourth-order valence-electron chi connectivity index (χ4n) is 4.36. The zero-order valence-corrected chi connectivity index (χ0v) is 20.3. The highest BCUT2D eigenvalue weighted by molar-refractivity contribution is 7.91. The van der Waals surface area contributed by atoms with E-state index in [0.717, 1.165) is 6.07 Å². The molecule has 1 aliphatic carbocycles. The molecule has 188 valence electrons. The van der Waals surface area contributed by atoms with Crippen LogP contribution in [0.15, 0.2) is 24.5 Å². The number of aromatic nitrogens is 2. The van der Waals surface area contributed by atoms with Crippen molar-refractivity contribution in [3.8, 4) is 0 Å². The summed E-state index contributed by atoms with van der Waals surface area (Å²) in [6.07, 6.45) is 3.70. The number of halogens is 2. The fraction of sp³-hybridized carbons (Fsp3) is 0.455. The van der Waals surface area contributed by atoms with Gasteiger partial charge in [-0.3, -0.25) is 14.4 Å². The maximum absolute atomic E-state index is 13.2. The summed E-state index contributed by atoms with van der Waals surface area (Å²) in [4.78, 5) is 46.0. The summed E-state index contributed by atoms with van der Waals surface area (Å²) in [7, 11) is -3.35. The molecular formula is C22H25ClFN5O5S. The molecule has 2 heterocycles. The monoisotopic (exact) mass is 525 g/mol. The van der Waals surface area contributed by atoms with Gasteiger partial charge in [-0.15, -0.1) is 0 Å². The van der Waals surface area contributed by atoms with Crippen LogP contribution in [0.1, 0.15) is 53.1 Å². The Kier molecular flexibility index (Phi) is 7.41. The minimum Gasteiger partial charge on any atom is -0.348 e. The fourth-order valence-corrected chi connectivity index (χ4v) is 6.00. The molecule has 1 aliphatic heterocycles.